The van der Waals surface area contributed by atoms with Crippen LogP contribution in [0.4, 0.5) is 10.2 Å². The summed E-state index contributed by atoms with van der Waals surface area (Å²) in [6.45, 7) is 0. The molecule has 0 aliphatic carbocycles. The minimum absolute atomic E-state index is 0.0204. The van der Waals surface area contributed by atoms with Crippen LogP contribution in [0.5, 0.6) is 0 Å². The first kappa shape index (κ1) is 10.4. The van der Waals surface area contributed by atoms with Gasteiger partial charge in [0.25, 0.3) is 0 Å². The van der Waals surface area contributed by atoms with Crippen molar-refractivity contribution in [1.29, 1.82) is 0 Å². The molecule has 15 heavy (non-hydrogen) atoms. The van der Waals surface area contributed by atoms with Gasteiger partial charge >= 0.3 is 0 Å². The van der Waals surface area contributed by atoms with Gasteiger partial charge in [0.05, 0.1) is 10.4 Å². The molecule has 3 nitrogen and oxygen atoms in total. The van der Waals surface area contributed by atoms with Crippen molar-refractivity contribution < 1.29 is 4.39 Å². The minimum Gasteiger partial charge on any atom is -0.372 e. The fourth-order valence-corrected chi connectivity index (χ4v) is 1.73. The molecule has 0 aliphatic heterocycles. The van der Waals surface area contributed by atoms with E-state index in [1.165, 1.54) is 12.1 Å². The molecule has 0 amide bonds. The standard InChI is InChI=1S/C9H6Cl2FN3/c1-13-8-6-4(10)2-3-5(12)7(6)14-9(11)15-8/h2-3H,1H3,(H,13,14,15). The summed E-state index contributed by atoms with van der Waals surface area (Å²) in [7, 11) is 1.65. The molecule has 0 fully saturated rings. The number of anilines is 1. The Kier molecular flexibility index (Phi) is 2.63. The molecule has 2 rings (SSSR count). The van der Waals surface area contributed by atoms with E-state index in [4.69, 9.17) is 23.2 Å². The van der Waals surface area contributed by atoms with E-state index in [0.717, 1.165) is 0 Å². The van der Waals surface area contributed by atoms with Gasteiger partial charge in [-0.25, -0.2) is 14.4 Å². The molecule has 1 N–H and O–H groups in total. The number of nitrogens with zero attached hydrogens (tertiary/aromatic N) is 2. The largest absolute Gasteiger partial charge is 0.372 e. The van der Waals surface area contributed by atoms with E-state index >= 15 is 0 Å². The van der Waals surface area contributed by atoms with Crippen LogP contribution in [0.3, 0.4) is 0 Å². The van der Waals surface area contributed by atoms with Crippen molar-refractivity contribution in [2.24, 2.45) is 0 Å². The highest BCUT2D eigenvalue weighted by Gasteiger charge is 2.12. The summed E-state index contributed by atoms with van der Waals surface area (Å²) in [4.78, 5) is 7.71. The number of rotatable bonds is 1. The zero-order chi connectivity index (χ0) is 11.0. The van der Waals surface area contributed by atoms with E-state index in [0.29, 0.717) is 16.2 Å². The molecule has 1 heterocycles. The summed E-state index contributed by atoms with van der Waals surface area (Å²) in [6.07, 6.45) is 0. The van der Waals surface area contributed by atoms with Gasteiger partial charge in [0.15, 0.2) is 0 Å². The predicted octanol–water partition coefficient (Wildman–Crippen LogP) is 3.12. The smallest absolute Gasteiger partial charge is 0.225 e. The molecule has 1 aromatic carbocycles. The Morgan fingerprint density at radius 3 is 2.67 bits per heavy atom. The first-order chi connectivity index (χ1) is 7.13. The zero-order valence-electron chi connectivity index (χ0n) is 7.68. The number of halogens is 3. The van der Waals surface area contributed by atoms with Gasteiger partial charge in [-0.3, -0.25) is 0 Å². The lowest BCUT2D eigenvalue weighted by molar-refractivity contribution is 0.636. The highest BCUT2D eigenvalue weighted by molar-refractivity contribution is 6.36. The Balaban J connectivity index is 2.95. The Morgan fingerprint density at radius 1 is 1.27 bits per heavy atom. The van der Waals surface area contributed by atoms with Gasteiger partial charge in [-0.15, -0.1) is 0 Å². The summed E-state index contributed by atoms with van der Waals surface area (Å²) in [5, 5.41) is 3.59. The van der Waals surface area contributed by atoms with Crippen LogP contribution in [0.25, 0.3) is 10.9 Å². The van der Waals surface area contributed by atoms with E-state index in [-0.39, 0.29) is 10.8 Å². The number of hydrogen-bond donors (Lipinski definition) is 1. The van der Waals surface area contributed by atoms with Crippen LogP contribution in [0.15, 0.2) is 12.1 Å². The molecule has 0 aliphatic rings. The second kappa shape index (κ2) is 3.79. The third-order valence-corrected chi connectivity index (χ3v) is 2.44. The van der Waals surface area contributed by atoms with Crippen LogP contribution in [0.1, 0.15) is 0 Å². The van der Waals surface area contributed by atoms with Gasteiger partial charge in [0.1, 0.15) is 17.2 Å². The van der Waals surface area contributed by atoms with E-state index in [2.05, 4.69) is 15.3 Å². The topological polar surface area (TPSA) is 37.8 Å². The number of fused-ring (bicyclic) bond motifs is 1. The molecule has 1 aromatic heterocycles. The van der Waals surface area contributed by atoms with Gasteiger partial charge < -0.3 is 5.32 Å². The lowest BCUT2D eigenvalue weighted by Gasteiger charge is -2.07. The van der Waals surface area contributed by atoms with Crippen LogP contribution in [0, 0.1) is 5.82 Å². The van der Waals surface area contributed by atoms with Crippen molar-refractivity contribution in [2.75, 3.05) is 12.4 Å². The molecule has 0 saturated heterocycles. The molecule has 0 radical (unpaired) electrons. The van der Waals surface area contributed by atoms with Gasteiger partial charge in [-0.2, -0.15) is 0 Å². The highest BCUT2D eigenvalue weighted by atomic mass is 35.5. The lowest BCUT2D eigenvalue weighted by Crippen LogP contribution is -1.98. The first-order valence-corrected chi connectivity index (χ1v) is 4.88. The van der Waals surface area contributed by atoms with Crippen LogP contribution in [0.2, 0.25) is 10.3 Å². The maximum absolute atomic E-state index is 13.4. The van der Waals surface area contributed by atoms with Crippen molar-refractivity contribution in [3.63, 3.8) is 0 Å². The molecule has 0 saturated carbocycles. The predicted molar refractivity (Wildman–Crippen MR) is 59.1 cm³/mol. The Bertz CT molecular complexity index is 530. The average molecular weight is 246 g/mol. The quantitative estimate of drug-likeness (QED) is 0.785. The maximum atomic E-state index is 13.4. The third-order valence-electron chi connectivity index (χ3n) is 1.96. The van der Waals surface area contributed by atoms with Gasteiger partial charge in [0.2, 0.25) is 5.28 Å². The van der Waals surface area contributed by atoms with E-state index in [9.17, 15) is 4.39 Å². The number of aromatic nitrogens is 2. The van der Waals surface area contributed by atoms with Gasteiger partial charge in [0, 0.05) is 7.05 Å². The summed E-state index contributed by atoms with van der Waals surface area (Å²) in [5.41, 5.74) is 0.117. The molecule has 0 spiro atoms. The molecular formula is C9H6Cl2FN3. The van der Waals surface area contributed by atoms with Gasteiger partial charge in [-0.05, 0) is 23.7 Å². The fraction of sp³-hybridized carbons (Fsp3) is 0.111. The van der Waals surface area contributed by atoms with Crippen LogP contribution >= 0.6 is 23.2 Å². The van der Waals surface area contributed by atoms with E-state index in [1.54, 1.807) is 7.05 Å². The molecular weight excluding hydrogens is 240 g/mol. The zero-order valence-corrected chi connectivity index (χ0v) is 9.19. The summed E-state index contributed by atoms with van der Waals surface area (Å²) < 4.78 is 13.4. The van der Waals surface area contributed by atoms with Crippen molar-refractivity contribution >= 4 is 39.9 Å². The highest BCUT2D eigenvalue weighted by Crippen LogP contribution is 2.30. The summed E-state index contributed by atoms with van der Waals surface area (Å²) in [6, 6.07) is 2.70. The molecule has 6 heteroatoms. The van der Waals surface area contributed by atoms with Crippen molar-refractivity contribution in [3.8, 4) is 0 Å². The van der Waals surface area contributed by atoms with Crippen LogP contribution < -0.4 is 5.32 Å². The van der Waals surface area contributed by atoms with Gasteiger partial charge in [-0.1, -0.05) is 11.6 Å². The van der Waals surface area contributed by atoms with E-state index in [1.807, 2.05) is 0 Å². The Hall–Kier alpha value is -1.13. The number of benzene rings is 1. The van der Waals surface area contributed by atoms with Crippen LogP contribution in [-0.2, 0) is 0 Å². The third kappa shape index (κ3) is 1.70. The molecule has 0 atom stereocenters. The normalized spacial score (nSPS) is 10.7. The minimum atomic E-state index is -0.477. The molecule has 0 unspecified atom stereocenters. The Labute approximate surface area is 95.2 Å². The summed E-state index contributed by atoms with van der Waals surface area (Å²) >= 11 is 11.6. The first-order valence-electron chi connectivity index (χ1n) is 4.12. The average Bonchev–Trinajstić information content (AvgIpc) is 2.22. The molecule has 2 aromatic rings. The summed E-state index contributed by atoms with van der Waals surface area (Å²) in [5.74, 6) is -0.0651. The second-order valence-electron chi connectivity index (χ2n) is 2.84. The monoisotopic (exact) mass is 245 g/mol. The lowest BCUT2D eigenvalue weighted by atomic mass is 10.2. The second-order valence-corrected chi connectivity index (χ2v) is 3.59. The Morgan fingerprint density at radius 2 is 2.00 bits per heavy atom. The van der Waals surface area contributed by atoms with Crippen LogP contribution in [-0.4, -0.2) is 17.0 Å². The SMILES string of the molecule is CNc1nc(Cl)nc2c(F)ccc(Cl)c12. The molecule has 78 valence electrons. The number of nitrogens with one attached hydrogen (secondary N) is 1. The van der Waals surface area contributed by atoms with Crippen molar-refractivity contribution in [2.45, 2.75) is 0 Å². The van der Waals surface area contributed by atoms with Crippen molar-refractivity contribution in [1.82, 2.24) is 9.97 Å². The molecule has 0 bridgehead atoms. The van der Waals surface area contributed by atoms with Crippen molar-refractivity contribution in [3.05, 3.63) is 28.3 Å². The maximum Gasteiger partial charge on any atom is 0.225 e. The number of hydrogen-bond acceptors (Lipinski definition) is 3. The van der Waals surface area contributed by atoms with E-state index < -0.39 is 5.82 Å². The fourth-order valence-electron chi connectivity index (χ4n) is 1.32.